The molecule has 26 heavy (non-hydrogen) atoms. The number of nitrogens with one attached hydrogen (secondary N) is 1. The number of nitrogen functional groups attached to an aromatic ring is 1. The van der Waals surface area contributed by atoms with Gasteiger partial charge in [0.1, 0.15) is 0 Å². The number of thioether (sulfide) groups is 1. The summed E-state index contributed by atoms with van der Waals surface area (Å²) in [6, 6.07) is 1.74. The van der Waals surface area contributed by atoms with E-state index in [0.717, 1.165) is 6.07 Å². The number of benzene rings is 1. The molecule has 0 saturated carbocycles. The molecule has 6 nitrogen and oxygen atoms in total. The minimum atomic E-state index is -4.75. The van der Waals surface area contributed by atoms with Gasteiger partial charge >= 0.3 is 12.3 Å². The van der Waals surface area contributed by atoms with Crippen LogP contribution in [0.1, 0.15) is 5.56 Å². The van der Waals surface area contributed by atoms with Crippen molar-refractivity contribution in [3.05, 3.63) is 29.3 Å². The summed E-state index contributed by atoms with van der Waals surface area (Å²) in [5, 5.41) is 10.5. The molecule has 2 aliphatic rings. The highest BCUT2D eigenvalue weighted by atomic mass is 32.2. The number of hydrogen-bond donors (Lipinski definition) is 3. The molecule has 4 N–H and O–H groups in total. The quantitative estimate of drug-likeness (QED) is 0.500. The number of hydrogen-bond acceptors (Lipinski definition) is 5. The lowest BCUT2D eigenvalue weighted by atomic mass is 9.83. The number of amides is 1. The van der Waals surface area contributed by atoms with Gasteiger partial charge in [-0.2, -0.15) is 13.2 Å². The second-order valence-electron chi connectivity index (χ2n) is 5.81. The van der Waals surface area contributed by atoms with E-state index in [2.05, 4.69) is 4.99 Å². The van der Waals surface area contributed by atoms with Crippen LogP contribution in [-0.4, -0.2) is 41.8 Å². The van der Waals surface area contributed by atoms with Crippen molar-refractivity contribution < 1.29 is 36.6 Å². The Morgan fingerprint density at radius 1 is 1.42 bits per heavy atom. The Morgan fingerprint density at radius 3 is 2.73 bits per heavy atom. The number of carbonyl (C=O) groups is 1. The Labute approximate surface area is 147 Å². The van der Waals surface area contributed by atoms with Crippen LogP contribution in [-0.2, 0) is 9.48 Å². The number of rotatable bonds is 1. The van der Waals surface area contributed by atoms with Crippen molar-refractivity contribution in [2.24, 2.45) is 10.9 Å². The smallest absolute Gasteiger partial charge is 0.415 e. The average Bonchev–Trinajstić information content (AvgIpc) is 2.90. The van der Waals surface area contributed by atoms with Gasteiger partial charge in [0.15, 0.2) is 22.9 Å². The SMILES string of the molecule is Nc1cc(F)c(F)c([C@]23CO[C@H](C(F)(F)F)[C@@H]2CN=C(NC(=O)O)S3)c1. The third-order valence-corrected chi connectivity index (χ3v) is 5.62. The molecule has 0 radical (unpaired) electrons. The van der Waals surface area contributed by atoms with E-state index in [9.17, 15) is 26.7 Å². The fourth-order valence-electron chi connectivity index (χ4n) is 3.15. The lowest BCUT2D eigenvalue weighted by molar-refractivity contribution is -0.215. The lowest BCUT2D eigenvalue weighted by Crippen LogP contribution is -2.47. The van der Waals surface area contributed by atoms with Gasteiger partial charge in [-0.15, -0.1) is 0 Å². The number of nitrogens with two attached hydrogens (primary N) is 1. The molecule has 1 fully saturated rings. The summed E-state index contributed by atoms with van der Waals surface area (Å²) >= 11 is 0.553. The molecular weight excluding hydrogens is 385 g/mol. The topological polar surface area (TPSA) is 96.9 Å². The maximum absolute atomic E-state index is 14.5. The van der Waals surface area contributed by atoms with E-state index in [0.29, 0.717) is 17.8 Å². The maximum atomic E-state index is 14.5. The molecule has 2 heterocycles. The van der Waals surface area contributed by atoms with Crippen molar-refractivity contribution in [1.82, 2.24) is 5.32 Å². The summed E-state index contributed by atoms with van der Waals surface area (Å²) in [6.07, 6.45) is -8.50. The van der Waals surface area contributed by atoms with Gasteiger partial charge in [-0.3, -0.25) is 10.3 Å². The molecule has 0 spiro atoms. The van der Waals surface area contributed by atoms with E-state index in [1.807, 2.05) is 5.32 Å². The van der Waals surface area contributed by atoms with Crippen molar-refractivity contribution in [2.45, 2.75) is 17.0 Å². The first-order valence-corrected chi connectivity index (χ1v) is 8.03. The van der Waals surface area contributed by atoms with E-state index in [4.69, 9.17) is 15.6 Å². The van der Waals surface area contributed by atoms with Crippen molar-refractivity contribution in [1.29, 1.82) is 0 Å². The number of ether oxygens (including phenoxy) is 1. The van der Waals surface area contributed by atoms with Gasteiger partial charge in [-0.05, 0) is 12.1 Å². The number of halogens is 5. The van der Waals surface area contributed by atoms with E-state index in [1.54, 1.807) is 0 Å². The number of anilines is 1. The van der Waals surface area contributed by atoms with Crippen LogP contribution in [0.3, 0.4) is 0 Å². The van der Waals surface area contributed by atoms with Gasteiger partial charge in [0.2, 0.25) is 0 Å². The Balaban J connectivity index is 2.13. The third-order valence-electron chi connectivity index (χ3n) is 4.20. The molecule has 3 rings (SSSR count). The maximum Gasteiger partial charge on any atom is 0.415 e. The zero-order valence-corrected chi connectivity index (χ0v) is 13.6. The minimum absolute atomic E-state index is 0.182. The van der Waals surface area contributed by atoms with Gasteiger partial charge in [-0.1, -0.05) is 11.8 Å². The normalized spacial score (nSPS) is 28.4. The lowest BCUT2D eigenvalue weighted by Gasteiger charge is -2.38. The van der Waals surface area contributed by atoms with Gasteiger partial charge in [-0.25, -0.2) is 13.6 Å². The fraction of sp³-hybridized carbons (Fsp3) is 0.429. The standard InChI is InChI=1S/C14H12F5N3O3S/c15-8-2-5(20)1-6(9(8)16)13-4-25-10(14(17,18)19)7(13)3-21-11(26-13)22-12(23)24/h1-2,7,10H,3-4,20H2,(H,21,22)(H,23,24)/t7-,10-,13+/m0/s1. The number of carboxylic acid groups (broad SMARTS) is 1. The zero-order valence-electron chi connectivity index (χ0n) is 12.8. The molecule has 12 heteroatoms. The monoisotopic (exact) mass is 397 g/mol. The Morgan fingerprint density at radius 2 is 2.12 bits per heavy atom. The van der Waals surface area contributed by atoms with Crippen LogP contribution in [0, 0.1) is 17.6 Å². The van der Waals surface area contributed by atoms with Gasteiger partial charge in [0.05, 0.1) is 11.4 Å². The molecule has 3 atom stereocenters. The van der Waals surface area contributed by atoms with E-state index in [1.165, 1.54) is 0 Å². The Hall–Kier alpha value is -2.08. The molecule has 0 unspecified atom stereocenters. The number of aliphatic imine (C=N–C) groups is 1. The van der Waals surface area contributed by atoms with E-state index >= 15 is 0 Å². The van der Waals surface area contributed by atoms with Crippen molar-refractivity contribution in [3.63, 3.8) is 0 Å². The molecule has 0 aliphatic carbocycles. The summed E-state index contributed by atoms with van der Waals surface area (Å²) in [5.41, 5.74) is 4.93. The fourth-order valence-corrected chi connectivity index (χ4v) is 4.50. The zero-order chi connectivity index (χ0) is 19.3. The molecule has 0 aromatic heterocycles. The van der Waals surface area contributed by atoms with Crippen molar-refractivity contribution in [2.75, 3.05) is 18.9 Å². The molecule has 1 aromatic carbocycles. The summed E-state index contributed by atoms with van der Waals surface area (Å²) in [4.78, 5) is 14.6. The average molecular weight is 397 g/mol. The summed E-state index contributed by atoms with van der Waals surface area (Å²) < 4.78 is 71.3. The molecule has 1 aromatic rings. The summed E-state index contributed by atoms with van der Waals surface area (Å²) in [7, 11) is 0. The molecule has 1 amide bonds. The van der Waals surface area contributed by atoms with Crippen molar-refractivity contribution >= 4 is 28.7 Å². The first kappa shape index (κ1) is 18.7. The van der Waals surface area contributed by atoms with Gasteiger partial charge < -0.3 is 15.6 Å². The highest BCUT2D eigenvalue weighted by Crippen LogP contribution is 2.56. The molecule has 2 aliphatic heterocycles. The number of amidine groups is 1. The minimum Gasteiger partial charge on any atom is -0.465 e. The predicted molar refractivity (Wildman–Crippen MR) is 82.8 cm³/mol. The Bertz CT molecular complexity index is 788. The highest BCUT2D eigenvalue weighted by Gasteiger charge is 2.62. The molecule has 0 bridgehead atoms. The van der Waals surface area contributed by atoms with Crippen LogP contribution in [0.15, 0.2) is 17.1 Å². The van der Waals surface area contributed by atoms with Crippen LogP contribution in [0.5, 0.6) is 0 Å². The Kier molecular flexibility index (Phi) is 4.51. The van der Waals surface area contributed by atoms with E-state index in [-0.39, 0.29) is 10.9 Å². The van der Waals surface area contributed by atoms with Crippen LogP contribution < -0.4 is 11.1 Å². The summed E-state index contributed by atoms with van der Waals surface area (Å²) in [6.45, 7) is -1.10. The van der Waals surface area contributed by atoms with E-state index < -0.39 is 59.4 Å². The van der Waals surface area contributed by atoms with Gasteiger partial charge in [0, 0.05) is 23.7 Å². The van der Waals surface area contributed by atoms with Crippen molar-refractivity contribution in [3.8, 4) is 0 Å². The first-order valence-electron chi connectivity index (χ1n) is 7.21. The second kappa shape index (κ2) is 6.27. The van der Waals surface area contributed by atoms with Crippen LogP contribution in [0.4, 0.5) is 32.4 Å². The number of nitrogens with zero attached hydrogens (tertiary/aromatic N) is 1. The third kappa shape index (κ3) is 3.07. The number of fused-ring (bicyclic) bond motifs is 1. The molecule has 1 saturated heterocycles. The number of alkyl halides is 3. The first-order chi connectivity index (χ1) is 12.0. The molecule has 142 valence electrons. The van der Waals surface area contributed by atoms with Crippen LogP contribution in [0.2, 0.25) is 0 Å². The van der Waals surface area contributed by atoms with Gasteiger partial charge in [0.25, 0.3) is 0 Å². The second-order valence-corrected chi connectivity index (χ2v) is 7.13. The van der Waals surface area contributed by atoms with Crippen LogP contribution in [0.25, 0.3) is 0 Å². The predicted octanol–water partition coefficient (Wildman–Crippen LogP) is 2.69. The summed E-state index contributed by atoms with van der Waals surface area (Å²) in [5.74, 6) is -4.07. The van der Waals surface area contributed by atoms with Crippen LogP contribution >= 0.6 is 11.8 Å². The molecular formula is C14H12F5N3O3S. The highest BCUT2D eigenvalue weighted by molar-refractivity contribution is 8.14. The largest absolute Gasteiger partial charge is 0.465 e.